The summed E-state index contributed by atoms with van der Waals surface area (Å²) < 4.78 is 34.2. The van der Waals surface area contributed by atoms with Crippen LogP contribution in [-0.4, -0.2) is 26.2 Å². The molecule has 0 bridgehead atoms. The molecule has 2 aromatic rings. The number of benzene rings is 1. The zero-order valence-corrected chi connectivity index (χ0v) is 15.3. The van der Waals surface area contributed by atoms with Gasteiger partial charge in [-0.15, -0.1) is 11.3 Å². The number of nitrogens with one attached hydrogen (secondary N) is 1. The first kappa shape index (κ1) is 18.6. The number of aryl methyl sites for hydroxylation is 1. The van der Waals surface area contributed by atoms with Gasteiger partial charge in [0.1, 0.15) is 0 Å². The molecule has 1 aromatic carbocycles. The Kier molecular flexibility index (Phi) is 6.08. The molecule has 0 radical (unpaired) electrons. The Morgan fingerprint density at radius 3 is 2.85 bits per heavy atom. The van der Waals surface area contributed by atoms with Gasteiger partial charge in [0.2, 0.25) is 0 Å². The first-order chi connectivity index (χ1) is 12.6. The summed E-state index contributed by atoms with van der Waals surface area (Å²) >= 11 is 1.67. The van der Waals surface area contributed by atoms with E-state index in [1.807, 2.05) is 5.38 Å². The number of methoxy groups -OCH3 is 1. The van der Waals surface area contributed by atoms with E-state index in [-0.39, 0.29) is 17.4 Å². The van der Waals surface area contributed by atoms with Crippen LogP contribution in [0.15, 0.2) is 23.6 Å². The van der Waals surface area contributed by atoms with Crippen LogP contribution in [0.4, 0.5) is 8.78 Å². The van der Waals surface area contributed by atoms with Crippen molar-refractivity contribution in [3.8, 4) is 11.5 Å². The molecule has 26 heavy (non-hydrogen) atoms. The van der Waals surface area contributed by atoms with Gasteiger partial charge in [0.15, 0.2) is 11.5 Å². The fraction of sp³-hybridized carbons (Fsp3) is 0.421. The molecule has 0 spiro atoms. The molecule has 1 N–H and O–H groups in total. The Labute approximate surface area is 155 Å². The van der Waals surface area contributed by atoms with Crippen molar-refractivity contribution in [3.63, 3.8) is 0 Å². The van der Waals surface area contributed by atoms with E-state index in [4.69, 9.17) is 4.74 Å². The van der Waals surface area contributed by atoms with E-state index in [9.17, 15) is 13.6 Å². The number of carbonyl (C=O) groups is 1. The average molecular weight is 381 g/mol. The molecule has 3 rings (SSSR count). The molecule has 0 atom stereocenters. The van der Waals surface area contributed by atoms with Crippen molar-refractivity contribution in [2.24, 2.45) is 0 Å². The third-order valence-corrected chi connectivity index (χ3v) is 5.54. The van der Waals surface area contributed by atoms with Crippen molar-refractivity contribution >= 4 is 17.2 Å². The smallest absolute Gasteiger partial charge is 0.387 e. The monoisotopic (exact) mass is 381 g/mol. The van der Waals surface area contributed by atoms with E-state index in [0.717, 1.165) is 30.4 Å². The summed E-state index contributed by atoms with van der Waals surface area (Å²) in [5, 5.41) is 4.89. The highest BCUT2D eigenvalue weighted by Gasteiger charge is 2.19. The van der Waals surface area contributed by atoms with Gasteiger partial charge in [-0.05, 0) is 55.4 Å². The minimum absolute atomic E-state index is 0.000173. The molecule has 0 fully saturated rings. The van der Waals surface area contributed by atoms with Gasteiger partial charge in [0, 0.05) is 16.8 Å². The Balaban J connectivity index is 1.57. The number of carbonyl (C=O) groups excluding carboxylic acids is 1. The molecule has 0 unspecified atom stereocenters. The van der Waals surface area contributed by atoms with Crippen LogP contribution in [0.2, 0.25) is 0 Å². The van der Waals surface area contributed by atoms with Crippen LogP contribution < -0.4 is 14.8 Å². The van der Waals surface area contributed by atoms with Crippen LogP contribution in [0.1, 0.15) is 39.2 Å². The second-order valence-electron chi connectivity index (χ2n) is 6.13. The van der Waals surface area contributed by atoms with Gasteiger partial charge in [-0.2, -0.15) is 8.78 Å². The fourth-order valence-electron chi connectivity index (χ4n) is 3.16. The molecular weight excluding hydrogens is 360 g/mol. The van der Waals surface area contributed by atoms with Gasteiger partial charge in [0.25, 0.3) is 5.91 Å². The van der Waals surface area contributed by atoms with Crippen molar-refractivity contribution in [2.45, 2.75) is 38.7 Å². The Hall–Kier alpha value is -2.15. The Bertz CT molecular complexity index is 776. The van der Waals surface area contributed by atoms with Crippen LogP contribution >= 0.6 is 11.3 Å². The average Bonchev–Trinajstić information content (AvgIpc) is 3.06. The first-order valence-electron chi connectivity index (χ1n) is 8.57. The van der Waals surface area contributed by atoms with Gasteiger partial charge in [-0.1, -0.05) is 6.07 Å². The lowest BCUT2D eigenvalue weighted by Gasteiger charge is -2.13. The van der Waals surface area contributed by atoms with Crippen molar-refractivity contribution < 1.29 is 23.0 Å². The molecule has 1 aliphatic rings. The highest BCUT2D eigenvalue weighted by molar-refractivity contribution is 7.10. The maximum absolute atomic E-state index is 12.4. The van der Waals surface area contributed by atoms with Gasteiger partial charge < -0.3 is 14.8 Å². The summed E-state index contributed by atoms with van der Waals surface area (Å²) in [5.41, 5.74) is 2.87. The molecule has 1 aromatic heterocycles. The summed E-state index contributed by atoms with van der Waals surface area (Å²) in [5.74, 6) is 0.204. The van der Waals surface area contributed by atoms with Crippen molar-refractivity contribution in [2.75, 3.05) is 13.7 Å². The highest BCUT2D eigenvalue weighted by Crippen LogP contribution is 2.31. The molecule has 1 aliphatic carbocycles. The minimum atomic E-state index is -2.90. The molecule has 0 saturated heterocycles. The van der Waals surface area contributed by atoms with Crippen molar-refractivity contribution in [1.29, 1.82) is 0 Å². The number of rotatable bonds is 7. The number of amides is 1. The lowest BCUT2D eigenvalue weighted by atomic mass is 9.95. The van der Waals surface area contributed by atoms with E-state index in [2.05, 4.69) is 10.1 Å². The van der Waals surface area contributed by atoms with Crippen LogP contribution in [0.25, 0.3) is 0 Å². The third kappa shape index (κ3) is 4.33. The van der Waals surface area contributed by atoms with Crippen molar-refractivity contribution in [1.82, 2.24) is 5.32 Å². The van der Waals surface area contributed by atoms with Gasteiger partial charge in [-0.3, -0.25) is 4.79 Å². The predicted molar refractivity (Wildman–Crippen MR) is 96.6 cm³/mol. The van der Waals surface area contributed by atoms with Crippen LogP contribution in [-0.2, 0) is 19.3 Å². The summed E-state index contributed by atoms with van der Waals surface area (Å²) in [6, 6.07) is 4.80. The van der Waals surface area contributed by atoms with E-state index in [1.165, 1.54) is 30.0 Å². The highest BCUT2D eigenvalue weighted by atomic mass is 32.1. The van der Waals surface area contributed by atoms with Gasteiger partial charge >= 0.3 is 6.61 Å². The summed E-state index contributed by atoms with van der Waals surface area (Å²) in [6.07, 6.45) is 4.95. The van der Waals surface area contributed by atoms with Gasteiger partial charge in [-0.25, -0.2) is 0 Å². The van der Waals surface area contributed by atoms with Gasteiger partial charge in [0.05, 0.1) is 12.7 Å². The molecule has 1 amide bonds. The van der Waals surface area contributed by atoms with E-state index >= 15 is 0 Å². The zero-order chi connectivity index (χ0) is 18.5. The second kappa shape index (κ2) is 8.49. The maximum atomic E-state index is 12.4. The molecule has 4 nitrogen and oxygen atoms in total. The Morgan fingerprint density at radius 1 is 1.27 bits per heavy atom. The number of fused-ring (bicyclic) bond motifs is 1. The third-order valence-electron chi connectivity index (χ3n) is 4.45. The molecule has 1 heterocycles. The molecule has 7 heteroatoms. The van der Waals surface area contributed by atoms with E-state index < -0.39 is 6.61 Å². The molecule has 0 aliphatic heterocycles. The van der Waals surface area contributed by atoms with Crippen LogP contribution in [0.3, 0.4) is 0 Å². The van der Waals surface area contributed by atoms with E-state index in [0.29, 0.717) is 13.0 Å². The number of thiophene rings is 1. The first-order valence-corrected chi connectivity index (χ1v) is 9.45. The topological polar surface area (TPSA) is 47.6 Å². The molecule has 140 valence electrons. The standard InChI is InChI=1S/C19H21F2NO3S/c1-24-16-10-12(6-7-15(16)25-19(20)21)8-9-22-18(23)14-11-26-17-5-3-2-4-13(14)17/h6-7,10-11,19H,2-5,8-9H2,1H3,(H,22,23). The second-order valence-corrected chi connectivity index (χ2v) is 7.09. The summed E-state index contributed by atoms with van der Waals surface area (Å²) in [7, 11) is 1.40. The summed E-state index contributed by atoms with van der Waals surface area (Å²) in [6.45, 7) is -2.44. The lowest BCUT2D eigenvalue weighted by molar-refractivity contribution is -0.0512. The number of hydrogen-bond donors (Lipinski definition) is 1. The quantitative estimate of drug-likeness (QED) is 0.782. The van der Waals surface area contributed by atoms with Crippen LogP contribution in [0.5, 0.6) is 11.5 Å². The molecular formula is C19H21F2NO3S. The number of ether oxygens (including phenoxy) is 2. The Morgan fingerprint density at radius 2 is 2.08 bits per heavy atom. The number of hydrogen-bond acceptors (Lipinski definition) is 4. The van der Waals surface area contributed by atoms with E-state index in [1.54, 1.807) is 23.5 Å². The molecule has 0 saturated carbocycles. The zero-order valence-electron chi connectivity index (χ0n) is 14.5. The normalized spacial score (nSPS) is 13.4. The summed E-state index contributed by atoms with van der Waals surface area (Å²) in [4.78, 5) is 13.8. The SMILES string of the molecule is COc1cc(CCNC(=O)c2csc3c2CCCC3)ccc1OC(F)F. The fourth-order valence-corrected chi connectivity index (χ4v) is 4.29. The number of halogens is 2. The number of alkyl halides is 2. The maximum Gasteiger partial charge on any atom is 0.387 e. The largest absolute Gasteiger partial charge is 0.493 e. The van der Waals surface area contributed by atoms with Crippen molar-refractivity contribution in [3.05, 3.63) is 45.1 Å². The lowest BCUT2D eigenvalue weighted by Crippen LogP contribution is -2.26. The predicted octanol–water partition coefficient (Wildman–Crippen LogP) is 4.21. The van der Waals surface area contributed by atoms with Crippen LogP contribution in [0, 0.1) is 0 Å². The minimum Gasteiger partial charge on any atom is -0.493 e.